The van der Waals surface area contributed by atoms with Gasteiger partial charge in [0.05, 0.1) is 17.8 Å². The summed E-state index contributed by atoms with van der Waals surface area (Å²) in [6.45, 7) is 6.66. The molecule has 1 saturated heterocycles. The van der Waals surface area contributed by atoms with Crippen LogP contribution in [0.25, 0.3) is 0 Å². The van der Waals surface area contributed by atoms with Gasteiger partial charge in [0, 0.05) is 34.6 Å². The standard InChI is InChI=1S/C24H26N4OS2/c1-15-7-8-16(2)19(14-15)26-21(29)11-13-28-23(20-10-9-17(3)31-20)22(27-24(28)30)18-6-4-5-12-25-18/h4-10,12,14,22-23H,11,13H2,1-3H3,(H,26,29)(H,27,30)/t22-,23+/m1/s1. The molecule has 0 saturated carbocycles. The molecule has 1 amide bonds. The highest BCUT2D eigenvalue weighted by Gasteiger charge is 2.40. The lowest BCUT2D eigenvalue weighted by Crippen LogP contribution is -2.32. The maximum Gasteiger partial charge on any atom is 0.226 e. The summed E-state index contributed by atoms with van der Waals surface area (Å²) < 4.78 is 0. The van der Waals surface area contributed by atoms with Crippen LogP contribution in [0, 0.1) is 20.8 Å². The van der Waals surface area contributed by atoms with Gasteiger partial charge in [-0.2, -0.15) is 0 Å². The van der Waals surface area contributed by atoms with Crippen LogP contribution in [0.5, 0.6) is 0 Å². The van der Waals surface area contributed by atoms with E-state index < -0.39 is 0 Å². The molecule has 2 N–H and O–H groups in total. The Morgan fingerprint density at radius 1 is 1.19 bits per heavy atom. The molecule has 1 fully saturated rings. The Morgan fingerprint density at radius 2 is 2.03 bits per heavy atom. The summed E-state index contributed by atoms with van der Waals surface area (Å²) in [6.07, 6.45) is 2.15. The molecule has 31 heavy (non-hydrogen) atoms. The topological polar surface area (TPSA) is 57.3 Å². The molecule has 4 rings (SSSR count). The Labute approximate surface area is 192 Å². The molecule has 1 aliphatic heterocycles. The van der Waals surface area contributed by atoms with Gasteiger partial charge in [-0.1, -0.05) is 18.2 Å². The molecule has 3 heterocycles. The van der Waals surface area contributed by atoms with Gasteiger partial charge in [0.15, 0.2) is 5.11 Å². The smallest absolute Gasteiger partial charge is 0.226 e. The fourth-order valence-electron chi connectivity index (χ4n) is 3.87. The zero-order valence-electron chi connectivity index (χ0n) is 17.9. The van der Waals surface area contributed by atoms with Crippen molar-refractivity contribution in [2.75, 3.05) is 11.9 Å². The minimum atomic E-state index is -0.0474. The van der Waals surface area contributed by atoms with E-state index in [-0.39, 0.29) is 18.0 Å². The first-order valence-corrected chi connectivity index (χ1v) is 11.6. The second kappa shape index (κ2) is 9.16. The van der Waals surface area contributed by atoms with Crippen LogP contribution >= 0.6 is 23.6 Å². The van der Waals surface area contributed by atoms with Crippen LogP contribution in [-0.4, -0.2) is 27.4 Å². The molecule has 160 valence electrons. The van der Waals surface area contributed by atoms with E-state index in [9.17, 15) is 4.79 Å². The molecule has 1 aromatic carbocycles. The zero-order valence-corrected chi connectivity index (χ0v) is 19.5. The molecule has 0 unspecified atom stereocenters. The zero-order chi connectivity index (χ0) is 22.0. The van der Waals surface area contributed by atoms with Crippen molar-refractivity contribution < 1.29 is 4.79 Å². The van der Waals surface area contributed by atoms with Crippen molar-refractivity contribution in [3.05, 3.63) is 81.3 Å². The van der Waals surface area contributed by atoms with Crippen molar-refractivity contribution in [1.29, 1.82) is 0 Å². The lowest BCUT2D eigenvalue weighted by atomic mass is 10.0. The predicted octanol–water partition coefficient (Wildman–Crippen LogP) is 5.07. The fraction of sp³-hybridized carbons (Fsp3) is 0.292. The van der Waals surface area contributed by atoms with Gasteiger partial charge in [-0.3, -0.25) is 9.78 Å². The Morgan fingerprint density at radius 3 is 2.74 bits per heavy atom. The van der Waals surface area contributed by atoms with Crippen LogP contribution in [0.4, 0.5) is 5.69 Å². The van der Waals surface area contributed by atoms with E-state index in [1.165, 1.54) is 9.75 Å². The molecule has 0 radical (unpaired) electrons. The van der Waals surface area contributed by atoms with Gasteiger partial charge in [0.2, 0.25) is 5.91 Å². The number of nitrogens with zero attached hydrogens (tertiary/aromatic N) is 2. The minimum absolute atomic E-state index is 0.00889. The van der Waals surface area contributed by atoms with Crippen molar-refractivity contribution in [3.8, 4) is 0 Å². The van der Waals surface area contributed by atoms with E-state index >= 15 is 0 Å². The van der Waals surface area contributed by atoms with Gasteiger partial charge in [-0.15, -0.1) is 11.3 Å². The van der Waals surface area contributed by atoms with Crippen LogP contribution in [-0.2, 0) is 4.79 Å². The van der Waals surface area contributed by atoms with Crippen LogP contribution in [0.1, 0.15) is 45.1 Å². The van der Waals surface area contributed by atoms with Crippen LogP contribution in [0.3, 0.4) is 0 Å². The second-order valence-electron chi connectivity index (χ2n) is 7.88. The third-order valence-electron chi connectivity index (χ3n) is 5.50. The highest BCUT2D eigenvalue weighted by Crippen LogP contribution is 2.41. The van der Waals surface area contributed by atoms with Crippen molar-refractivity contribution in [1.82, 2.24) is 15.2 Å². The molecule has 0 aliphatic carbocycles. The van der Waals surface area contributed by atoms with E-state index in [4.69, 9.17) is 12.2 Å². The van der Waals surface area contributed by atoms with Gasteiger partial charge in [-0.05, 0) is 74.4 Å². The summed E-state index contributed by atoms with van der Waals surface area (Å²) in [6, 6.07) is 16.2. The monoisotopic (exact) mass is 450 g/mol. The number of carbonyl (C=O) groups excluding carboxylic acids is 1. The number of thiophene rings is 1. The number of pyridine rings is 1. The summed E-state index contributed by atoms with van der Waals surface area (Å²) in [5.41, 5.74) is 3.99. The van der Waals surface area contributed by atoms with E-state index in [0.717, 1.165) is 22.5 Å². The SMILES string of the molecule is Cc1ccc(C)c(NC(=O)CCN2C(=S)N[C@H](c3ccccn3)[C@@H]2c2ccc(C)s2)c1. The Balaban J connectivity index is 1.52. The number of amides is 1. The highest BCUT2D eigenvalue weighted by molar-refractivity contribution is 7.80. The molecule has 2 atom stereocenters. The van der Waals surface area contributed by atoms with Crippen LogP contribution in [0.2, 0.25) is 0 Å². The van der Waals surface area contributed by atoms with E-state index in [2.05, 4.69) is 39.6 Å². The number of benzene rings is 1. The van der Waals surface area contributed by atoms with Gasteiger partial charge in [0.1, 0.15) is 0 Å². The number of hydrogen-bond acceptors (Lipinski definition) is 4. The average molecular weight is 451 g/mol. The molecule has 2 aromatic heterocycles. The van der Waals surface area contributed by atoms with E-state index in [1.54, 1.807) is 17.5 Å². The van der Waals surface area contributed by atoms with Gasteiger partial charge in [0.25, 0.3) is 0 Å². The van der Waals surface area contributed by atoms with Crippen molar-refractivity contribution in [2.24, 2.45) is 0 Å². The van der Waals surface area contributed by atoms with Gasteiger partial charge >= 0.3 is 0 Å². The molecule has 0 spiro atoms. The normalized spacial score (nSPS) is 18.2. The maximum atomic E-state index is 12.7. The first-order chi connectivity index (χ1) is 14.9. The number of hydrogen-bond donors (Lipinski definition) is 2. The molecule has 3 aromatic rings. The number of rotatable bonds is 6. The summed E-state index contributed by atoms with van der Waals surface area (Å²) in [4.78, 5) is 21.9. The lowest BCUT2D eigenvalue weighted by molar-refractivity contribution is -0.116. The van der Waals surface area contributed by atoms with E-state index in [0.29, 0.717) is 18.1 Å². The minimum Gasteiger partial charge on any atom is -0.352 e. The summed E-state index contributed by atoms with van der Waals surface area (Å²) in [7, 11) is 0. The number of nitrogens with one attached hydrogen (secondary N) is 2. The molecule has 1 aliphatic rings. The number of aryl methyl sites for hydroxylation is 3. The first kappa shape index (κ1) is 21.5. The lowest BCUT2D eigenvalue weighted by Gasteiger charge is -2.26. The van der Waals surface area contributed by atoms with Gasteiger partial charge < -0.3 is 15.5 Å². The van der Waals surface area contributed by atoms with Crippen molar-refractivity contribution in [3.63, 3.8) is 0 Å². The largest absolute Gasteiger partial charge is 0.352 e. The first-order valence-electron chi connectivity index (χ1n) is 10.3. The quantitative estimate of drug-likeness (QED) is 0.514. The molecular formula is C24H26N4OS2. The highest BCUT2D eigenvalue weighted by atomic mass is 32.1. The number of aromatic nitrogens is 1. The number of anilines is 1. The molecule has 7 heteroatoms. The number of thiocarbonyl (C=S) groups is 1. The number of carbonyl (C=O) groups is 1. The summed E-state index contributed by atoms with van der Waals surface area (Å²) in [5.74, 6) is -0.0149. The second-order valence-corrected chi connectivity index (χ2v) is 9.59. The van der Waals surface area contributed by atoms with Crippen LogP contribution in [0.15, 0.2) is 54.7 Å². The third-order valence-corrected chi connectivity index (χ3v) is 6.92. The average Bonchev–Trinajstić information content (AvgIpc) is 3.32. The fourth-order valence-corrected chi connectivity index (χ4v) is 5.23. The molecular weight excluding hydrogens is 424 g/mol. The maximum absolute atomic E-state index is 12.7. The molecule has 5 nitrogen and oxygen atoms in total. The Kier molecular flexibility index (Phi) is 6.34. The van der Waals surface area contributed by atoms with Crippen LogP contribution < -0.4 is 10.6 Å². The Bertz CT molecular complexity index is 1100. The van der Waals surface area contributed by atoms with Crippen molar-refractivity contribution >= 4 is 40.3 Å². The van der Waals surface area contributed by atoms with Gasteiger partial charge in [-0.25, -0.2) is 0 Å². The van der Waals surface area contributed by atoms with E-state index in [1.807, 2.05) is 50.2 Å². The third kappa shape index (κ3) is 4.78. The van der Waals surface area contributed by atoms with Crippen molar-refractivity contribution in [2.45, 2.75) is 39.3 Å². The molecule has 0 bridgehead atoms. The summed E-state index contributed by atoms with van der Waals surface area (Å²) >= 11 is 7.44. The Hall–Kier alpha value is -2.77. The summed E-state index contributed by atoms with van der Waals surface area (Å²) in [5, 5.41) is 7.15. The predicted molar refractivity (Wildman–Crippen MR) is 130 cm³/mol.